The molecule has 2 saturated heterocycles. The van der Waals surface area contributed by atoms with Gasteiger partial charge in [0.15, 0.2) is 5.11 Å². The smallest absolute Gasteiger partial charge is 0.170 e. The maximum absolute atomic E-state index is 13.6. The molecule has 6 nitrogen and oxygen atoms in total. The first-order valence-corrected chi connectivity index (χ1v) is 11.8. The Morgan fingerprint density at radius 1 is 1.03 bits per heavy atom. The van der Waals surface area contributed by atoms with E-state index >= 15 is 0 Å². The van der Waals surface area contributed by atoms with E-state index in [1.165, 1.54) is 12.1 Å². The van der Waals surface area contributed by atoms with Gasteiger partial charge in [-0.2, -0.15) is 0 Å². The van der Waals surface area contributed by atoms with Gasteiger partial charge in [-0.15, -0.1) is 0 Å². The average molecular weight is 466 g/mol. The maximum atomic E-state index is 13.6. The van der Waals surface area contributed by atoms with Gasteiger partial charge in [0, 0.05) is 50.0 Å². The topological polar surface area (TPSA) is 45.6 Å². The van der Waals surface area contributed by atoms with Crippen molar-refractivity contribution in [3.63, 3.8) is 0 Å². The Labute approximate surface area is 199 Å². The standard InChI is InChI=1S/C25H28FN5OS/c26-19-7-9-20(10-8-19)30-13-3-6-22(30)24-23(21-5-1-2-11-27-21)28-25(33)31(24)14-4-12-29-15-17-32-18-16-29/h1-3,5-11,13,23-24H,4,12,14-18H2,(H,28,33)/t23-,24+/m1/s1. The average Bonchev–Trinajstić information content (AvgIpc) is 3.45. The second-order valence-electron chi connectivity index (χ2n) is 8.41. The quantitative estimate of drug-likeness (QED) is 0.537. The molecule has 2 aliphatic rings. The highest BCUT2D eigenvalue weighted by atomic mass is 32.1. The van der Waals surface area contributed by atoms with Crippen molar-refractivity contribution in [1.29, 1.82) is 0 Å². The normalized spacial score (nSPS) is 21.4. The summed E-state index contributed by atoms with van der Waals surface area (Å²) < 4.78 is 21.1. The van der Waals surface area contributed by atoms with Gasteiger partial charge < -0.3 is 19.5 Å². The van der Waals surface area contributed by atoms with Crippen molar-refractivity contribution in [2.24, 2.45) is 0 Å². The van der Waals surface area contributed by atoms with Gasteiger partial charge in [0.25, 0.3) is 0 Å². The molecule has 8 heteroatoms. The van der Waals surface area contributed by atoms with Crippen molar-refractivity contribution in [3.05, 3.63) is 84.2 Å². The molecule has 0 radical (unpaired) electrons. The number of ether oxygens (including phenoxy) is 1. The lowest BCUT2D eigenvalue weighted by Crippen LogP contribution is -2.39. The molecule has 0 aliphatic carbocycles. The number of pyridine rings is 1. The molecule has 0 spiro atoms. The molecule has 2 aliphatic heterocycles. The highest BCUT2D eigenvalue weighted by Crippen LogP contribution is 2.39. The summed E-state index contributed by atoms with van der Waals surface area (Å²) in [5, 5.41) is 4.26. The van der Waals surface area contributed by atoms with Crippen LogP contribution >= 0.6 is 12.2 Å². The number of hydrogen-bond acceptors (Lipinski definition) is 4. The lowest BCUT2D eigenvalue weighted by Gasteiger charge is -2.31. The zero-order chi connectivity index (χ0) is 22.6. The molecule has 0 bridgehead atoms. The zero-order valence-corrected chi connectivity index (χ0v) is 19.3. The van der Waals surface area contributed by atoms with E-state index in [0.717, 1.165) is 68.0 Å². The largest absolute Gasteiger partial charge is 0.379 e. The van der Waals surface area contributed by atoms with E-state index in [0.29, 0.717) is 0 Å². The van der Waals surface area contributed by atoms with Gasteiger partial charge in [-0.05, 0) is 67.2 Å². The highest BCUT2D eigenvalue weighted by Gasteiger charge is 2.41. The van der Waals surface area contributed by atoms with Gasteiger partial charge in [-0.3, -0.25) is 9.88 Å². The fourth-order valence-corrected chi connectivity index (χ4v) is 5.06. The minimum Gasteiger partial charge on any atom is -0.379 e. The summed E-state index contributed by atoms with van der Waals surface area (Å²) in [6.07, 6.45) is 4.84. The molecule has 1 N–H and O–H groups in total. The maximum Gasteiger partial charge on any atom is 0.170 e. The third-order valence-electron chi connectivity index (χ3n) is 6.36. The molecule has 1 aromatic carbocycles. The van der Waals surface area contributed by atoms with Crippen molar-refractivity contribution in [1.82, 2.24) is 24.7 Å². The van der Waals surface area contributed by atoms with E-state index in [1.807, 2.05) is 36.7 Å². The second kappa shape index (κ2) is 9.99. The summed E-state index contributed by atoms with van der Waals surface area (Å²) in [6.45, 7) is 5.43. The Bertz CT molecular complexity index is 1070. The zero-order valence-electron chi connectivity index (χ0n) is 18.4. The van der Waals surface area contributed by atoms with Crippen LogP contribution in [0.15, 0.2) is 67.0 Å². The van der Waals surface area contributed by atoms with E-state index in [1.54, 1.807) is 12.1 Å². The monoisotopic (exact) mass is 465 g/mol. The molecule has 5 rings (SSSR count). The molecule has 0 saturated carbocycles. The Hall–Kier alpha value is -2.81. The Morgan fingerprint density at radius 3 is 2.61 bits per heavy atom. The first-order chi connectivity index (χ1) is 16.2. The van der Waals surface area contributed by atoms with E-state index in [4.69, 9.17) is 17.0 Å². The summed E-state index contributed by atoms with van der Waals surface area (Å²) in [7, 11) is 0. The van der Waals surface area contributed by atoms with Crippen molar-refractivity contribution < 1.29 is 9.13 Å². The van der Waals surface area contributed by atoms with E-state index in [9.17, 15) is 4.39 Å². The lowest BCUT2D eigenvalue weighted by molar-refractivity contribution is 0.0365. The van der Waals surface area contributed by atoms with Gasteiger partial charge in [-0.1, -0.05) is 6.07 Å². The van der Waals surface area contributed by atoms with Crippen LogP contribution < -0.4 is 5.32 Å². The van der Waals surface area contributed by atoms with E-state index in [2.05, 4.69) is 30.7 Å². The van der Waals surface area contributed by atoms with Gasteiger partial charge in [0.1, 0.15) is 5.82 Å². The third kappa shape index (κ3) is 4.78. The molecule has 2 fully saturated rings. The summed E-state index contributed by atoms with van der Waals surface area (Å²) in [5.74, 6) is -0.243. The third-order valence-corrected chi connectivity index (χ3v) is 6.72. The Kier molecular flexibility index (Phi) is 6.66. The molecule has 0 amide bonds. The number of nitrogens with zero attached hydrogens (tertiary/aromatic N) is 4. The number of nitrogens with one attached hydrogen (secondary N) is 1. The molecule has 3 aromatic rings. The van der Waals surface area contributed by atoms with Gasteiger partial charge >= 0.3 is 0 Å². The molecule has 2 atom stereocenters. The first kappa shape index (κ1) is 22.0. The van der Waals surface area contributed by atoms with E-state index < -0.39 is 0 Å². The fraction of sp³-hybridized carbons (Fsp3) is 0.360. The minimum absolute atomic E-state index is 0.0304. The van der Waals surface area contributed by atoms with Crippen LogP contribution in [0, 0.1) is 5.82 Å². The van der Waals surface area contributed by atoms with Crippen molar-refractivity contribution >= 4 is 17.3 Å². The summed E-state index contributed by atoms with van der Waals surface area (Å²) in [4.78, 5) is 9.36. The predicted molar refractivity (Wildman–Crippen MR) is 130 cm³/mol. The van der Waals surface area contributed by atoms with Crippen LogP contribution in [0.2, 0.25) is 0 Å². The first-order valence-electron chi connectivity index (χ1n) is 11.4. The predicted octanol–water partition coefficient (Wildman–Crippen LogP) is 3.71. The number of morpholine rings is 1. The fourth-order valence-electron chi connectivity index (χ4n) is 4.73. The van der Waals surface area contributed by atoms with Crippen LogP contribution in [0.1, 0.15) is 29.9 Å². The molecule has 4 heterocycles. The number of rotatable bonds is 7. The van der Waals surface area contributed by atoms with Crippen LogP contribution in [-0.2, 0) is 4.74 Å². The Morgan fingerprint density at radius 2 is 1.85 bits per heavy atom. The van der Waals surface area contributed by atoms with Crippen LogP contribution in [0.3, 0.4) is 0 Å². The van der Waals surface area contributed by atoms with Crippen molar-refractivity contribution in [2.75, 3.05) is 39.4 Å². The Balaban J connectivity index is 1.44. The van der Waals surface area contributed by atoms with Crippen molar-refractivity contribution in [3.8, 4) is 5.69 Å². The highest BCUT2D eigenvalue weighted by molar-refractivity contribution is 7.80. The number of hydrogen-bond donors (Lipinski definition) is 1. The molecule has 0 unspecified atom stereocenters. The molecule has 172 valence electrons. The van der Waals surface area contributed by atoms with Crippen LogP contribution in [-0.4, -0.2) is 63.9 Å². The van der Waals surface area contributed by atoms with Crippen LogP contribution in [0.5, 0.6) is 0 Å². The molecule has 33 heavy (non-hydrogen) atoms. The molecule has 2 aromatic heterocycles. The van der Waals surface area contributed by atoms with Crippen LogP contribution in [0.25, 0.3) is 5.69 Å². The second-order valence-corrected chi connectivity index (χ2v) is 8.79. The van der Waals surface area contributed by atoms with Gasteiger partial charge in [-0.25, -0.2) is 4.39 Å². The number of thiocarbonyl (C=S) groups is 1. The number of aromatic nitrogens is 2. The summed E-state index contributed by atoms with van der Waals surface area (Å²) in [5.41, 5.74) is 2.96. The number of benzene rings is 1. The van der Waals surface area contributed by atoms with Crippen molar-refractivity contribution in [2.45, 2.75) is 18.5 Å². The van der Waals surface area contributed by atoms with Crippen LogP contribution in [0.4, 0.5) is 4.39 Å². The SMILES string of the molecule is Fc1ccc(-n2cccc2[C@H]2[C@@H](c3ccccn3)NC(=S)N2CCCN2CCOCC2)cc1. The summed E-state index contributed by atoms with van der Waals surface area (Å²) >= 11 is 5.81. The van der Waals surface area contributed by atoms with Gasteiger partial charge in [0.2, 0.25) is 0 Å². The van der Waals surface area contributed by atoms with E-state index in [-0.39, 0.29) is 17.9 Å². The molecular formula is C25H28FN5OS. The number of halogens is 1. The summed E-state index contributed by atoms with van der Waals surface area (Å²) in [6, 6.07) is 16.6. The molecular weight excluding hydrogens is 437 g/mol. The minimum atomic E-state index is -0.243. The van der Waals surface area contributed by atoms with Gasteiger partial charge in [0.05, 0.1) is 31.0 Å². The lowest BCUT2D eigenvalue weighted by atomic mass is 10.0.